The number of hydrogen-bond donors (Lipinski definition) is 5. The number of carboxylic acids is 1. The molecule has 59 heavy (non-hydrogen) atoms. The number of nitrogens with two attached hydrogens (primary N) is 1. The first-order chi connectivity index (χ1) is 28.3. The van der Waals surface area contributed by atoms with E-state index in [-0.39, 0.29) is 36.3 Å². The van der Waals surface area contributed by atoms with Gasteiger partial charge in [-0.15, -0.1) is 11.3 Å². The Kier molecular flexibility index (Phi) is 15.8. The maximum absolute atomic E-state index is 13.5. The van der Waals surface area contributed by atoms with E-state index < -0.39 is 18.2 Å². The number of thiazole rings is 1. The highest BCUT2D eigenvalue weighted by molar-refractivity contribution is 7.07. The molecule has 1 saturated carbocycles. The van der Waals surface area contributed by atoms with Gasteiger partial charge in [-0.05, 0) is 73.7 Å². The molecule has 18 heteroatoms. The lowest BCUT2D eigenvalue weighted by molar-refractivity contribution is -0.192. The Hall–Kier alpha value is -6.01. The quantitative estimate of drug-likeness (QED) is 0.0721. The molecule has 0 radical (unpaired) electrons. The van der Waals surface area contributed by atoms with Gasteiger partial charge in [-0.1, -0.05) is 37.5 Å². The van der Waals surface area contributed by atoms with Gasteiger partial charge < -0.3 is 41.2 Å². The standard InChI is InChI=1S/C39H44N6O6S.C2HF3O2/c40-33(21-30-24-52-25-42-30)38(48)41-17-4-2-1-3-5-18-50-32-8-6-7-29(20-32)43-37(47)27-11-9-26(10-12-27)22-45(31-14-15-31)39(49)28-13-16-34-35(19-28)51-23-36(46)44-34;3-2(4,5)1(6)7/h6-13,16,19-20,24-25,31,33H,1-5,14-15,17-18,21-23,40H2,(H,41,48)(H,43,47)(H,44,46);(H,6,7)/t33-;/m0./s1. The summed E-state index contributed by atoms with van der Waals surface area (Å²) in [5, 5.41) is 17.6. The van der Waals surface area contributed by atoms with E-state index in [1.54, 1.807) is 35.8 Å². The number of rotatable bonds is 18. The summed E-state index contributed by atoms with van der Waals surface area (Å²) in [4.78, 5) is 65.3. The number of ether oxygens (including phenoxy) is 2. The highest BCUT2D eigenvalue weighted by Crippen LogP contribution is 2.33. The Bertz CT molecular complexity index is 2060. The summed E-state index contributed by atoms with van der Waals surface area (Å²) in [5.74, 6) is -2.28. The molecule has 1 fully saturated rings. The fraction of sp³-hybridized carbons (Fsp3) is 0.366. The van der Waals surface area contributed by atoms with E-state index in [4.69, 9.17) is 25.1 Å². The van der Waals surface area contributed by atoms with Crippen LogP contribution >= 0.6 is 11.3 Å². The van der Waals surface area contributed by atoms with Gasteiger partial charge in [0.05, 0.1) is 29.5 Å². The van der Waals surface area contributed by atoms with Crippen LogP contribution in [0.15, 0.2) is 77.6 Å². The largest absolute Gasteiger partial charge is 0.494 e. The van der Waals surface area contributed by atoms with Gasteiger partial charge in [-0.3, -0.25) is 19.2 Å². The van der Waals surface area contributed by atoms with Crippen LogP contribution in [0.25, 0.3) is 0 Å². The van der Waals surface area contributed by atoms with Gasteiger partial charge in [0, 0.05) is 53.8 Å². The number of nitrogens with zero attached hydrogens (tertiary/aromatic N) is 2. The normalized spacial score (nSPS) is 13.7. The maximum Gasteiger partial charge on any atom is 0.490 e. The van der Waals surface area contributed by atoms with Crippen LogP contribution in [0.3, 0.4) is 0 Å². The van der Waals surface area contributed by atoms with Crippen molar-refractivity contribution in [1.29, 1.82) is 0 Å². The molecule has 1 aromatic heterocycles. The molecule has 0 saturated heterocycles. The number of halogens is 3. The Morgan fingerprint density at radius 1 is 1.00 bits per heavy atom. The van der Waals surface area contributed by atoms with Crippen LogP contribution in [0.2, 0.25) is 0 Å². The first-order valence-corrected chi connectivity index (χ1v) is 19.9. The molecule has 0 bridgehead atoms. The number of carbonyl (C=O) groups is 5. The minimum atomic E-state index is -5.08. The highest BCUT2D eigenvalue weighted by Gasteiger charge is 2.38. The van der Waals surface area contributed by atoms with Gasteiger partial charge in [-0.2, -0.15) is 13.2 Å². The fourth-order valence-electron chi connectivity index (χ4n) is 5.90. The summed E-state index contributed by atoms with van der Waals surface area (Å²) in [6.07, 6.45) is 2.12. The van der Waals surface area contributed by atoms with Crippen LogP contribution in [-0.2, 0) is 27.3 Å². The number of hydrogen-bond acceptors (Lipinski definition) is 10. The molecular weight excluding hydrogens is 794 g/mol. The molecule has 0 spiro atoms. The third-order valence-corrected chi connectivity index (χ3v) is 9.79. The topological polar surface area (TPSA) is 202 Å². The molecule has 3 aromatic carbocycles. The molecular formula is C41H45F3N6O8S. The number of unbranched alkanes of at least 4 members (excludes halogenated alkanes) is 4. The number of fused-ring (bicyclic) bond motifs is 1. The third kappa shape index (κ3) is 14.1. The van der Waals surface area contributed by atoms with E-state index >= 15 is 0 Å². The van der Waals surface area contributed by atoms with Crippen LogP contribution < -0.4 is 31.2 Å². The number of anilines is 2. The first-order valence-electron chi connectivity index (χ1n) is 19.0. The maximum atomic E-state index is 13.5. The lowest BCUT2D eigenvalue weighted by Crippen LogP contribution is -2.42. The summed E-state index contributed by atoms with van der Waals surface area (Å²) in [5.41, 5.74) is 11.7. The number of nitrogens with one attached hydrogen (secondary N) is 3. The molecule has 0 unspecified atom stereocenters. The minimum Gasteiger partial charge on any atom is -0.494 e. The first kappa shape index (κ1) is 44.1. The Balaban J connectivity index is 0.000000867. The number of carboxylic acid groups (broad SMARTS) is 1. The van der Waals surface area contributed by atoms with Crippen molar-refractivity contribution in [1.82, 2.24) is 15.2 Å². The minimum absolute atomic E-state index is 0.0740. The van der Waals surface area contributed by atoms with Crippen molar-refractivity contribution in [3.8, 4) is 11.5 Å². The van der Waals surface area contributed by atoms with Crippen LogP contribution in [-0.4, -0.2) is 82.6 Å². The van der Waals surface area contributed by atoms with Gasteiger partial charge in [-0.25, -0.2) is 9.78 Å². The van der Waals surface area contributed by atoms with Crippen molar-refractivity contribution in [3.05, 3.63) is 100 Å². The van der Waals surface area contributed by atoms with Crippen molar-refractivity contribution in [2.45, 2.75) is 76.2 Å². The lowest BCUT2D eigenvalue weighted by Gasteiger charge is -2.24. The van der Waals surface area contributed by atoms with Crippen molar-refractivity contribution >= 4 is 52.3 Å². The van der Waals surface area contributed by atoms with Crippen LogP contribution in [0.1, 0.15) is 76.9 Å². The van der Waals surface area contributed by atoms with E-state index in [9.17, 15) is 32.3 Å². The number of benzene rings is 3. The van der Waals surface area contributed by atoms with Crippen LogP contribution in [0.5, 0.6) is 11.5 Å². The van der Waals surface area contributed by atoms with Crippen LogP contribution in [0, 0.1) is 0 Å². The number of alkyl halides is 3. The van der Waals surface area contributed by atoms with Crippen molar-refractivity contribution in [2.75, 3.05) is 30.4 Å². The van der Waals surface area contributed by atoms with E-state index in [1.165, 1.54) is 11.3 Å². The van der Waals surface area contributed by atoms with E-state index in [0.717, 1.165) is 56.2 Å². The van der Waals surface area contributed by atoms with Crippen molar-refractivity contribution in [2.24, 2.45) is 5.73 Å². The average molecular weight is 839 g/mol. The Labute approximate surface area is 342 Å². The smallest absolute Gasteiger partial charge is 0.490 e. The van der Waals surface area contributed by atoms with Gasteiger partial charge in [0.1, 0.15) is 11.5 Å². The number of aromatic nitrogens is 1. The Morgan fingerprint density at radius 3 is 2.41 bits per heavy atom. The van der Waals surface area contributed by atoms with Gasteiger partial charge in [0.25, 0.3) is 17.7 Å². The SMILES string of the molecule is N[C@@H](Cc1cscn1)C(=O)NCCCCCCCOc1cccc(NC(=O)c2ccc(CN(C(=O)c3ccc4c(c3)OCC(=O)N4)C3CC3)cc2)c1.O=C(O)C(F)(F)F. The number of aliphatic carboxylic acids is 1. The van der Waals surface area contributed by atoms with Crippen LogP contribution in [0.4, 0.5) is 24.5 Å². The summed E-state index contributed by atoms with van der Waals surface area (Å²) < 4.78 is 43.2. The number of amides is 4. The molecule has 1 atom stereocenters. The monoisotopic (exact) mass is 838 g/mol. The predicted molar refractivity (Wildman–Crippen MR) is 213 cm³/mol. The molecule has 4 aromatic rings. The highest BCUT2D eigenvalue weighted by atomic mass is 32.1. The molecule has 314 valence electrons. The van der Waals surface area contributed by atoms with E-state index in [1.807, 2.05) is 46.7 Å². The number of carbonyl (C=O) groups excluding carboxylic acids is 4. The van der Waals surface area contributed by atoms with E-state index in [2.05, 4.69) is 20.9 Å². The van der Waals surface area contributed by atoms with E-state index in [0.29, 0.717) is 60.1 Å². The zero-order valence-electron chi connectivity index (χ0n) is 32.0. The van der Waals surface area contributed by atoms with Crippen molar-refractivity contribution in [3.63, 3.8) is 0 Å². The summed E-state index contributed by atoms with van der Waals surface area (Å²) in [7, 11) is 0. The molecule has 6 rings (SSSR count). The zero-order valence-corrected chi connectivity index (χ0v) is 32.8. The second kappa shape index (κ2) is 21.1. The van der Waals surface area contributed by atoms with Gasteiger partial charge in [0.2, 0.25) is 5.91 Å². The van der Waals surface area contributed by atoms with Gasteiger partial charge >= 0.3 is 12.1 Å². The Morgan fingerprint density at radius 2 is 1.71 bits per heavy atom. The summed E-state index contributed by atoms with van der Waals surface area (Å²) in [6.45, 7) is 1.52. The molecule has 1 aliphatic heterocycles. The molecule has 6 N–H and O–H groups in total. The molecule has 2 aliphatic rings. The molecule has 14 nitrogen and oxygen atoms in total. The summed E-state index contributed by atoms with van der Waals surface area (Å²) >= 11 is 1.49. The molecule has 2 heterocycles. The average Bonchev–Trinajstić information content (AvgIpc) is 3.93. The third-order valence-electron chi connectivity index (χ3n) is 9.15. The molecule has 4 amide bonds. The second-order valence-electron chi connectivity index (χ2n) is 13.9. The molecule has 1 aliphatic carbocycles. The van der Waals surface area contributed by atoms with Crippen molar-refractivity contribution < 1.29 is 51.7 Å². The fourth-order valence-corrected chi connectivity index (χ4v) is 6.47. The van der Waals surface area contributed by atoms with Gasteiger partial charge in [0.15, 0.2) is 6.61 Å². The predicted octanol–water partition coefficient (Wildman–Crippen LogP) is 6.18. The summed E-state index contributed by atoms with van der Waals surface area (Å²) in [6, 6.07) is 19.3. The second-order valence-corrected chi connectivity index (χ2v) is 14.6. The zero-order chi connectivity index (χ0) is 42.4. The lowest BCUT2D eigenvalue weighted by atomic mass is 10.1.